The van der Waals surface area contributed by atoms with Gasteiger partial charge in [-0.1, -0.05) is 133 Å². The van der Waals surface area contributed by atoms with Gasteiger partial charge in [0.1, 0.15) is 0 Å². The minimum atomic E-state index is -0.989. The van der Waals surface area contributed by atoms with Gasteiger partial charge >= 0.3 is 0 Å². The van der Waals surface area contributed by atoms with Gasteiger partial charge in [0.25, 0.3) is 0 Å². The minimum Gasteiger partial charge on any atom is -0.308 e. The normalized spacial score (nSPS) is 18.5. The van der Waals surface area contributed by atoms with Gasteiger partial charge in [0.15, 0.2) is 5.82 Å². The topological polar surface area (TPSA) is 82.2 Å². The molecule has 0 aliphatic heterocycles. The Morgan fingerprint density at radius 2 is 0.682 bits per heavy atom. The number of hydrogen-bond acceptors (Lipinski definition) is 4. The van der Waals surface area contributed by atoms with Gasteiger partial charge in [0.05, 0.1) is 115 Å². The van der Waals surface area contributed by atoms with Crippen LogP contribution in [0.2, 0.25) is 0 Å². The van der Waals surface area contributed by atoms with Crippen molar-refractivity contribution in [2.45, 2.75) is 0 Å². The number of rotatable bonds is 5. The van der Waals surface area contributed by atoms with E-state index in [-0.39, 0.29) is 0 Å². The van der Waals surface area contributed by atoms with E-state index in [2.05, 4.69) is 0 Å². The van der Waals surface area contributed by atoms with Crippen LogP contribution in [0.1, 0.15) is 48.1 Å². The Balaban J connectivity index is 1.34. The third-order valence-corrected chi connectivity index (χ3v) is 11.1. The molecule has 5 aromatic heterocycles. The van der Waals surface area contributed by atoms with E-state index in [0.717, 1.165) is 18.3 Å². The molecule has 0 radical (unpaired) electrons. The first-order valence-corrected chi connectivity index (χ1v) is 19.5. The van der Waals surface area contributed by atoms with Crippen LogP contribution in [0, 0.1) is 11.3 Å². The van der Waals surface area contributed by atoms with Gasteiger partial charge in [0.2, 0.25) is 11.9 Å². The molecule has 0 aliphatic carbocycles. The highest BCUT2D eigenvalue weighted by Gasteiger charge is 2.27. The largest absolute Gasteiger partial charge is 0.308 e. The molecule has 0 aliphatic rings. The van der Waals surface area contributed by atoms with Crippen LogP contribution in [0.5, 0.6) is 0 Å². The smallest absolute Gasteiger partial charge is 0.240 e. The van der Waals surface area contributed by atoms with Crippen molar-refractivity contribution >= 4 is 87.2 Å². The van der Waals surface area contributed by atoms with Crippen LogP contribution in [0.4, 0.5) is 0 Å². The molecule has 0 amide bonds. The van der Waals surface area contributed by atoms with Crippen molar-refractivity contribution in [1.29, 1.82) is 5.26 Å². The van der Waals surface area contributed by atoms with E-state index in [0.29, 0.717) is 0 Å². The molecule has 14 rings (SSSR count). The summed E-state index contributed by atoms with van der Waals surface area (Å²) in [7, 11) is 0. The van der Waals surface area contributed by atoms with Crippen LogP contribution in [0.25, 0.3) is 122 Å². The van der Waals surface area contributed by atoms with Gasteiger partial charge in [-0.25, -0.2) is 0 Å². The average molecular weight is 874 g/mol. The molecule has 66 heavy (non-hydrogen) atoms. The first kappa shape index (κ1) is 17.3. The summed E-state index contributed by atoms with van der Waals surface area (Å²) in [6.07, 6.45) is 0. The molecule has 0 atom stereocenters. The number of fused-ring (bicyclic) bond motifs is 12. The summed E-state index contributed by atoms with van der Waals surface area (Å²) in [6, 6.07) is -22.8. The molecule has 0 unspecified atom stereocenters. The van der Waals surface area contributed by atoms with Crippen molar-refractivity contribution < 1.29 is 42.5 Å². The van der Waals surface area contributed by atoms with E-state index in [1.807, 2.05) is 0 Å². The van der Waals surface area contributed by atoms with E-state index in [1.54, 1.807) is 6.07 Å². The third kappa shape index (κ3) is 5.05. The number of hydrogen-bond donors (Lipinski definition) is 0. The lowest BCUT2D eigenvalue weighted by Crippen LogP contribution is -2.12. The van der Waals surface area contributed by atoms with E-state index >= 15 is 0 Å². The Morgan fingerprint density at radius 3 is 1.05 bits per heavy atom. The zero-order valence-electron chi connectivity index (χ0n) is 63.8. The lowest BCUT2D eigenvalue weighted by atomic mass is 10.1. The maximum atomic E-state index is 10.4. The fourth-order valence-electron chi connectivity index (χ4n) is 8.51. The lowest BCUT2D eigenvalue weighted by Gasteiger charge is -2.20. The first-order chi connectivity index (χ1) is 45.6. The summed E-state index contributed by atoms with van der Waals surface area (Å²) in [6.45, 7) is 0. The number of nitrogens with zero attached hydrogens (tertiary/aromatic N) is 8. The first-order valence-electron chi connectivity index (χ1n) is 35.0. The molecule has 0 spiro atoms. The molecule has 0 N–H and O–H groups in total. The molecule has 14 aromatic rings. The van der Waals surface area contributed by atoms with Crippen LogP contribution in [0.15, 0.2) is 206 Å². The summed E-state index contributed by atoms with van der Waals surface area (Å²) in [5.41, 5.74) is -7.68. The highest BCUT2D eigenvalue weighted by atomic mass is 15.3. The molecule has 8 nitrogen and oxygen atoms in total. The van der Waals surface area contributed by atoms with Crippen molar-refractivity contribution in [2.24, 2.45) is 0 Å². The van der Waals surface area contributed by atoms with Crippen LogP contribution in [0.3, 0.4) is 0 Å². The predicted octanol–water partition coefficient (Wildman–Crippen LogP) is 13.8. The monoisotopic (exact) mass is 873 g/mol. The fraction of sp³-hybridized carbons (Fsp3) is 0. The van der Waals surface area contributed by atoms with Gasteiger partial charge < -0.3 is 9.13 Å². The Kier molecular flexibility index (Phi) is 3.63. The Bertz CT molecular complexity index is 5830. The molecular weight excluding hydrogens is 809 g/mol. The number of benzene rings is 9. The second-order valence-electron chi connectivity index (χ2n) is 14.4. The quantitative estimate of drug-likeness (QED) is 0.172. The minimum absolute atomic E-state index is 0.522. The van der Waals surface area contributed by atoms with Crippen molar-refractivity contribution in [2.75, 3.05) is 0 Å². The van der Waals surface area contributed by atoms with E-state index in [4.69, 9.17) is 35.5 Å². The summed E-state index contributed by atoms with van der Waals surface area (Å²) >= 11 is 0. The van der Waals surface area contributed by atoms with Gasteiger partial charge in [-0.3, -0.25) is 9.13 Å². The molecule has 0 saturated heterocycles. The van der Waals surface area contributed by atoms with E-state index in [9.17, 15) is 27.2 Å². The summed E-state index contributed by atoms with van der Waals surface area (Å²) in [5.74, 6) is -2.92. The highest BCUT2D eigenvalue weighted by Crippen LogP contribution is 2.42. The van der Waals surface area contributed by atoms with E-state index < -0.39 is 315 Å². The summed E-state index contributed by atoms with van der Waals surface area (Å²) in [4.78, 5) is 14.7. The SMILES string of the molecule is [2H]c1c([2H])c([2H])c2c(c1[2H])c1c([2H])c([2H])c([2H])c([2H])c1n2-c1nc(-c2c(-n3c4c([2H])c([2H])c([2H])c([2H])c4c4c([2H])c([2H])c([2H])c([2H])c43)cccc2-n2c3c([2H])c([2H])c([2H])c([2H])c3c3c([2H])c([2H])c([2H])c([2H])c32)nc(-n2c3c([2H])c([2H])c([2H])c([2H])c3c3c([2H])c(C#N)c([2H])c([2H])c32)n1. The Morgan fingerprint density at radius 1 is 0.364 bits per heavy atom. The number of nitriles is 1. The van der Waals surface area contributed by atoms with Gasteiger partial charge in [0, 0.05) is 43.1 Å². The standard InChI is InChI=1S/C58H34N8/c59-35-36-32-33-52-44(34-36)43-22-7-14-29-51(43)66(52)58-61-56(60-57(62-58)65-49-27-12-5-20-41(49)42-21-6-13-28-50(42)65)55-53(63-45-23-8-1-16-37(45)38-17-2-9-24-46(38)63)30-15-31-54(55)64-47-25-10-3-18-39(47)40-19-4-11-26-48(40)64/h1-34H/i1D,2D,3D,4D,5D,6D,7D,8D,9D,10D,11D,12D,13D,14D,16D,17D,18D,19D,20D,21D,22D,23D,24D,25D,26D,27D,28D,29D,32D,33D,34D. The van der Waals surface area contributed by atoms with E-state index in [1.165, 1.54) is 18.2 Å². The zero-order chi connectivity index (χ0) is 70.4. The van der Waals surface area contributed by atoms with Crippen LogP contribution < -0.4 is 0 Å². The Hall–Kier alpha value is -9.32. The van der Waals surface area contributed by atoms with Crippen LogP contribution in [-0.2, 0) is 0 Å². The second-order valence-corrected chi connectivity index (χ2v) is 14.4. The van der Waals surface area contributed by atoms with Gasteiger partial charge in [-0.05, 0) is 72.6 Å². The maximum Gasteiger partial charge on any atom is 0.240 e. The molecule has 5 heterocycles. The highest BCUT2D eigenvalue weighted by molar-refractivity contribution is 6.13. The molecule has 0 fully saturated rings. The van der Waals surface area contributed by atoms with Crippen LogP contribution >= 0.6 is 0 Å². The van der Waals surface area contributed by atoms with Gasteiger partial charge in [-0.15, -0.1) is 0 Å². The van der Waals surface area contributed by atoms with Crippen molar-refractivity contribution in [1.82, 2.24) is 33.2 Å². The molecule has 306 valence electrons. The van der Waals surface area contributed by atoms with Crippen molar-refractivity contribution in [3.05, 3.63) is 211 Å². The number of aromatic nitrogens is 7. The third-order valence-electron chi connectivity index (χ3n) is 11.1. The predicted molar refractivity (Wildman–Crippen MR) is 267 cm³/mol. The fourth-order valence-corrected chi connectivity index (χ4v) is 8.51. The molecule has 0 saturated carbocycles. The summed E-state index contributed by atoms with van der Waals surface area (Å²) in [5, 5.41) is 6.03. The second kappa shape index (κ2) is 13.8. The molecular formula is C58H34N8. The number of para-hydroxylation sites is 7. The van der Waals surface area contributed by atoms with Crippen molar-refractivity contribution in [3.63, 3.8) is 0 Å². The summed E-state index contributed by atoms with van der Waals surface area (Å²) < 4.78 is 289. The maximum absolute atomic E-state index is 10.4. The van der Waals surface area contributed by atoms with Gasteiger partial charge in [-0.2, -0.15) is 20.2 Å². The lowest BCUT2D eigenvalue weighted by molar-refractivity contribution is 0.890. The molecule has 9 aromatic carbocycles. The van der Waals surface area contributed by atoms with Crippen molar-refractivity contribution in [3.8, 4) is 40.7 Å². The molecule has 8 heteroatoms. The Labute approximate surface area is 420 Å². The zero-order valence-corrected chi connectivity index (χ0v) is 32.8. The van der Waals surface area contributed by atoms with Crippen LogP contribution in [-0.4, -0.2) is 33.2 Å². The average Bonchev–Trinajstić information content (AvgIpc) is 1.56. The molecule has 0 bridgehead atoms.